The Morgan fingerprint density at radius 1 is 1.11 bits per heavy atom. The van der Waals surface area contributed by atoms with E-state index in [0.717, 1.165) is 10.6 Å². The largest absolute Gasteiger partial charge is 0.480 e. The van der Waals surface area contributed by atoms with E-state index in [9.17, 15) is 32.0 Å². The van der Waals surface area contributed by atoms with Gasteiger partial charge in [0.15, 0.2) is 5.69 Å². The fourth-order valence-corrected chi connectivity index (χ4v) is 3.09. The van der Waals surface area contributed by atoms with E-state index in [1.54, 1.807) is 6.92 Å². The first-order valence-corrected chi connectivity index (χ1v) is 10.0. The minimum absolute atomic E-state index is 0.0478. The Bertz CT molecular complexity index is 1340. The highest BCUT2D eigenvalue weighted by molar-refractivity contribution is 5.43. The Balaban J connectivity index is 2.13. The lowest BCUT2D eigenvalue weighted by atomic mass is 10.1. The number of hydrogen-bond donors (Lipinski definition) is 0. The summed E-state index contributed by atoms with van der Waals surface area (Å²) in [7, 11) is 1.19. The molecule has 0 N–H and O–H groups in total. The molecule has 3 aromatic rings. The van der Waals surface area contributed by atoms with Crippen LogP contribution in [0.15, 0.2) is 35.4 Å². The molecule has 0 aliphatic heterocycles. The van der Waals surface area contributed by atoms with Crippen LogP contribution >= 0.6 is 0 Å². The molecule has 0 amide bonds. The van der Waals surface area contributed by atoms with Crippen molar-refractivity contribution < 1.29 is 31.4 Å². The van der Waals surface area contributed by atoms with Crippen LogP contribution in [0, 0.1) is 11.3 Å². The Hall–Kier alpha value is -4.08. The van der Waals surface area contributed by atoms with Crippen LogP contribution in [0.2, 0.25) is 0 Å². The highest BCUT2D eigenvalue weighted by Gasteiger charge is 2.39. The SMILES string of the molecule is CCc1cc(C#N)cc(Oc2c(C(F)(F)F)ncn(Cc3cc(C(C)(F)F)nnc3OC)c2=O)c1. The number of hydrogen-bond acceptors (Lipinski definition) is 7. The predicted molar refractivity (Wildman–Crippen MR) is 111 cm³/mol. The molecule has 0 radical (unpaired) electrons. The fraction of sp³-hybridized carbons (Fsp3) is 0.318. The van der Waals surface area contributed by atoms with E-state index in [1.165, 1.54) is 25.3 Å². The number of nitriles is 1. The van der Waals surface area contributed by atoms with E-state index in [2.05, 4.69) is 15.2 Å². The zero-order valence-corrected chi connectivity index (χ0v) is 18.7. The first-order chi connectivity index (χ1) is 16.4. The molecular weight excluding hydrogens is 477 g/mol. The summed E-state index contributed by atoms with van der Waals surface area (Å²) in [6, 6.07) is 6.91. The number of aromatic nitrogens is 4. The van der Waals surface area contributed by atoms with Crippen molar-refractivity contribution in [2.45, 2.75) is 38.9 Å². The van der Waals surface area contributed by atoms with Gasteiger partial charge < -0.3 is 9.47 Å². The maximum absolute atomic E-state index is 13.7. The van der Waals surface area contributed by atoms with E-state index in [0.29, 0.717) is 25.2 Å². The lowest BCUT2D eigenvalue weighted by molar-refractivity contribution is -0.142. The van der Waals surface area contributed by atoms with Crippen molar-refractivity contribution in [2.24, 2.45) is 0 Å². The number of ether oxygens (including phenoxy) is 2. The molecule has 2 heterocycles. The van der Waals surface area contributed by atoms with E-state index < -0.39 is 41.3 Å². The van der Waals surface area contributed by atoms with Gasteiger partial charge in [-0.25, -0.2) is 4.98 Å². The van der Waals surface area contributed by atoms with Gasteiger partial charge in [-0.1, -0.05) is 6.92 Å². The summed E-state index contributed by atoms with van der Waals surface area (Å²) in [6.07, 6.45) is -3.97. The van der Waals surface area contributed by atoms with Crippen molar-refractivity contribution >= 4 is 0 Å². The zero-order valence-electron chi connectivity index (χ0n) is 18.7. The second-order valence-corrected chi connectivity index (χ2v) is 7.44. The van der Waals surface area contributed by atoms with Crippen molar-refractivity contribution in [1.82, 2.24) is 19.7 Å². The lowest BCUT2D eigenvalue weighted by Gasteiger charge is -2.16. The van der Waals surface area contributed by atoms with E-state index in [1.807, 2.05) is 6.07 Å². The van der Waals surface area contributed by atoms with Crippen LogP contribution in [0.4, 0.5) is 22.0 Å². The number of rotatable bonds is 7. The Labute approximate surface area is 195 Å². The molecule has 13 heteroatoms. The molecule has 0 spiro atoms. The summed E-state index contributed by atoms with van der Waals surface area (Å²) in [5.41, 5.74) is -2.88. The first kappa shape index (κ1) is 25.5. The lowest BCUT2D eigenvalue weighted by Crippen LogP contribution is -2.27. The Morgan fingerprint density at radius 2 is 1.83 bits per heavy atom. The van der Waals surface area contributed by atoms with Crippen LogP contribution in [-0.2, 0) is 25.1 Å². The van der Waals surface area contributed by atoms with E-state index in [4.69, 9.17) is 9.47 Å². The van der Waals surface area contributed by atoms with Crippen LogP contribution in [0.25, 0.3) is 0 Å². The van der Waals surface area contributed by atoms with Gasteiger partial charge in [0.1, 0.15) is 11.4 Å². The summed E-state index contributed by atoms with van der Waals surface area (Å²) in [4.78, 5) is 16.4. The molecule has 0 bridgehead atoms. The summed E-state index contributed by atoms with van der Waals surface area (Å²) in [5, 5.41) is 16.1. The van der Waals surface area contributed by atoms with Gasteiger partial charge in [-0.15, -0.1) is 10.2 Å². The topological polar surface area (TPSA) is 103 Å². The third kappa shape index (κ3) is 5.71. The molecule has 0 saturated carbocycles. The van der Waals surface area contributed by atoms with Gasteiger partial charge in [0.2, 0.25) is 11.6 Å². The van der Waals surface area contributed by atoms with Gasteiger partial charge in [0, 0.05) is 12.5 Å². The number of halogens is 5. The molecular formula is C22H18F5N5O3. The summed E-state index contributed by atoms with van der Waals surface area (Å²) in [5.74, 6) is -4.88. The average molecular weight is 495 g/mol. The predicted octanol–water partition coefficient (Wildman–Crippen LogP) is 4.45. The maximum Gasteiger partial charge on any atom is 0.437 e. The molecule has 0 unspecified atom stereocenters. The van der Waals surface area contributed by atoms with Crippen LogP contribution in [0.3, 0.4) is 0 Å². The van der Waals surface area contributed by atoms with Crippen LogP contribution in [-0.4, -0.2) is 26.9 Å². The van der Waals surface area contributed by atoms with Crippen molar-refractivity contribution in [2.75, 3.05) is 7.11 Å². The molecule has 35 heavy (non-hydrogen) atoms. The smallest absolute Gasteiger partial charge is 0.437 e. The first-order valence-electron chi connectivity index (χ1n) is 10.0. The van der Waals surface area contributed by atoms with Crippen molar-refractivity contribution in [3.05, 3.63) is 69.0 Å². The zero-order chi connectivity index (χ0) is 26.0. The molecule has 0 saturated heterocycles. The summed E-state index contributed by atoms with van der Waals surface area (Å²) >= 11 is 0. The number of aryl methyl sites for hydroxylation is 1. The van der Waals surface area contributed by atoms with E-state index in [-0.39, 0.29) is 22.8 Å². The molecule has 3 rings (SSSR count). The second-order valence-electron chi connectivity index (χ2n) is 7.44. The molecule has 0 fully saturated rings. The van der Waals surface area contributed by atoms with Crippen molar-refractivity contribution in [3.8, 4) is 23.4 Å². The van der Waals surface area contributed by atoms with Gasteiger partial charge in [-0.3, -0.25) is 9.36 Å². The minimum Gasteiger partial charge on any atom is -0.480 e. The molecule has 2 aromatic heterocycles. The highest BCUT2D eigenvalue weighted by atomic mass is 19.4. The molecule has 0 aliphatic rings. The number of benzene rings is 1. The van der Waals surface area contributed by atoms with Gasteiger partial charge in [0.25, 0.3) is 11.5 Å². The van der Waals surface area contributed by atoms with Gasteiger partial charge in [0.05, 0.1) is 31.6 Å². The molecule has 184 valence electrons. The third-order valence-electron chi connectivity index (χ3n) is 4.81. The Morgan fingerprint density at radius 3 is 2.40 bits per heavy atom. The van der Waals surface area contributed by atoms with Crippen LogP contribution < -0.4 is 15.0 Å². The van der Waals surface area contributed by atoms with Crippen LogP contribution in [0.1, 0.15) is 41.9 Å². The second kappa shape index (κ2) is 9.65. The third-order valence-corrected chi connectivity index (χ3v) is 4.81. The van der Waals surface area contributed by atoms with E-state index >= 15 is 0 Å². The summed E-state index contributed by atoms with van der Waals surface area (Å²) in [6.45, 7) is 1.84. The van der Waals surface area contributed by atoms with Gasteiger partial charge in [-0.05, 0) is 36.2 Å². The molecule has 0 atom stereocenters. The standard InChI is InChI=1S/C22H18F5N5O3/c1-4-12-5-13(9-28)7-15(6-12)35-17-18(22(25,26)27)29-11-32(20(17)33)10-14-8-16(21(2,23)24)30-31-19(14)34-3/h5-8,11H,4,10H2,1-3H3. The number of methoxy groups -OCH3 is 1. The number of alkyl halides is 5. The van der Waals surface area contributed by atoms with Crippen LogP contribution in [0.5, 0.6) is 17.4 Å². The highest BCUT2D eigenvalue weighted by Crippen LogP contribution is 2.35. The Kier molecular flexibility index (Phi) is 7.04. The summed E-state index contributed by atoms with van der Waals surface area (Å²) < 4.78 is 79.3. The van der Waals surface area contributed by atoms with Crippen molar-refractivity contribution in [1.29, 1.82) is 5.26 Å². The molecule has 1 aromatic carbocycles. The monoisotopic (exact) mass is 495 g/mol. The maximum atomic E-state index is 13.7. The van der Waals surface area contributed by atoms with Gasteiger partial charge >= 0.3 is 6.18 Å². The van der Waals surface area contributed by atoms with Gasteiger partial charge in [-0.2, -0.15) is 27.2 Å². The molecule has 0 aliphatic carbocycles. The number of nitrogens with zero attached hydrogens (tertiary/aromatic N) is 5. The molecule has 8 nitrogen and oxygen atoms in total. The fourth-order valence-electron chi connectivity index (χ4n) is 3.09. The quantitative estimate of drug-likeness (QED) is 0.446. The average Bonchev–Trinajstić information content (AvgIpc) is 2.79. The van der Waals surface area contributed by atoms with Crippen molar-refractivity contribution in [3.63, 3.8) is 0 Å². The minimum atomic E-state index is -5.04. The normalized spacial score (nSPS) is 11.7.